The molecule has 266 valence electrons. The molecule has 0 aromatic rings. The van der Waals surface area contributed by atoms with Gasteiger partial charge in [-0.1, -0.05) is 40.2 Å². The molecule has 0 fully saturated rings. The van der Waals surface area contributed by atoms with Crippen LogP contribution in [0, 0.1) is 11.8 Å². The predicted molar refractivity (Wildman–Crippen MR) is 174 cm³/mol. The molecule has 6 atom stereocenters. The molecular formula is C29H52N10O8. The third-order valence-electron chi connectivity index (χ3n) is 7.00. The standard InChI is InChI=1S/C29H52N10O8/c1-6-16(5)23(39-26(45)18(7-2)37-25(44)17(30)10-11-22(41)42)28(47)35-14-21(40)36-19(9-8-12-34-29(32)33)27(46)38-20(24(31)43)13-15(3)4/h7,15-20,23H,2,6,8-14,30H2,1,3-5H3,(H2,31,43)(H,35,47)(H,36,40)(H,37,44)(H,38,46)(H,39,45)(H,41,42)(H4,32,33,34)/t16-,17-,18?,19-,20-,23-/m0/s1. The number of carbonyl (C=O) groups excluding carboxylic acids is 6. The van der Waals surface area contributed by atoms with Crippen LogP contribution in [0.15, 0.2) is 17.6 Å². The first-order valence-electron chi connectivity index (χ1n) is 15.4. The lowest BCUT2D eigenvalue weighted by molar-refractivity contribution is -0.137. The van der Waals surface area contributed by atoms with Crippen molar-refractivity contribution >= 4 is 47.4 Å². The van der Waals surface area contributed by atoms with E-state index in [1.807, 2.05) is 13.8 Å². The zero-order valence-electron chi connectivity index (χ0n) is 27.5. The van der Waals surface area contributed by atoms with Crippen LogP contribution < -0.4 is 49.5 Å². The number of rotatable bonds is 23. The van der Waals surface area contributed by atoms with Gasteiger partial charge < -0.3 is 54.6 Å². The summed E-state index contributed by atoms with van der Waals surface area (Å²) in [6.45, 7) is 10.3. The molecule has 0 aliphatic rings. The van der Waals surface area contributed by atoms with Crippen LogP contribution in [0.4, 0.5) is 0 Å². The third kappa shape index (κ3) is 17.5. The van der Waals surface area contributed by atoms with E-state index in [0.717, 1.165) is 6.08 Å². The van der Waals surface area contributed by atoms with Crippen molar-refractivity contribution < 1.29 is 38.7 Å². The minimum atomic E-state index is -1.29. The Morgan fingerprint density at radius 1 is 0.851 bits per heavy atom. The Balaban J connectivity index is 5.55. The monoisotopic (exact) mass is 668 g/mol. The van der Waals surface area contributed by atoms with Gasteiger partial charge in [0.05, 0.1) is 12.6 Å². The minimum Gasteiger partial charge on any atom is -0.481 e. The summed E-state index contributed by atoms with van der Waals surface area (Å²) in [5, 5.41) is 21.2. The van der Waals surface area contributed by atoms with E-state index in [4.69, 9.17) is 28.0 Å². The molecule has 0 rings (SSSR count). The second kappa shape index (κ2) is 21.9. The van der Waals surface area contributed by atoms with E-state index in [0.29, 0.717) is 12.8 Å². The molecule has 1 unspecified atom stereocenters. The molecule has 0 heterocycles. The molecule has 0 saturated heterocycles. The van der Waals surface area contributed by atoms with E-state index in [1.54, 1.807) is 13.8 Å². The second-order valence-corrected chi connectivity index (χ2v) is 11.5. The molecule has 14 N–H and O–H groups in total. The molecule has 0 aliphatic carbocycles. The fraction of sp³-hybridized carbons (Fsp3) is 0.655. The fourth-order valence-electron chi connectivity index (χ4n) is 4.13. The quantitative estimate of drug-likeness (QED) is 0.0227. The van der Waals surface area contributed by atoms with Crippen LogP contribution in [0.3, 0.4) is 0 Å². The average molecular weight is 669 g/mol. The maximum absolute atomic E-state index is 13.1. The van der Waals surface area contributed by atoms with Gasteiger partial charge >= 0.3 is 5.97 Å². The number of nitrogens with one attached hydrogen (secondary N) is 5. The molecular weight excluding hydrogens is 616 g/mol. The molecule has 0 spiro atoms. The highest BCUT2D eigenvalue weighted by molar-refractivity contribution is 5.96. The normalized spacial score (nSPS) is 14.6. The first-order chi connectivity index (χ1) is 21.9. The van der Waals surface area contributed by atoms with Gasteiger partial charge in [-0.25, -0.2) is 0 Å². The molecule has 0 aliphatic heterocycles. The summed E-state index contributed by atoms with van der Waals surface area (Å²) in [7, 11) is 0. The highest BCUT2D eigenvalue weighted by Gasteiger charge is 2.31. The van der Waals surface area contributed by atoms with Crippen molar-refractivity contribution in [2.24, 2.45) is 39.8 Å². The van der Waals surface area contributed by atoms with Crippen LogP contribution >= 0.6 is 0 Å². The Labute approximate surface area is 274 Å². The summed E-state index contributed by atoms with van der Waals surface area (Å²) in [4.78, 5) is 90.9. The number of carboxylic acid groups (broad SMARTS) is 1. The van der Waals surface area contributed by atoms with Crippen molar-refractivity contribution in [2.45, 2.75) is 96.4 Å². The molecule has 0 aromatic heterocycles. The van der Waals surface area contributed by atoms with Gasteiger partial charge in [0.15, 0.2) is 5.96 Å². The minimum absolute atomic E-state index is 0.0382. The summed E-state index contributed by atoms with van der Waals surface area (Å²) in [5.41, 5.74) is 21.8. The van der Waals surface area contributed by atoms with Gasteiger partial charge in [-0.2, -0.15) is 0 Å². The number of hydrogen-bond acceptors (Lipinski definition) is 9. The number of aliphatic imine (C=N–C) groups is 1. The zero-order valence-corrected chi connectivity index (χ0v) is 27.5. The topological polar surface area (TPSA) is 316 Å². The van der Waals surface area contributed by atoms with Crippen molar-refractivity contribution in [1.29, 1.82) is 0 Å². The van der Waals surface area contributed by atoms with E-state index in [9.17, 15) is 33.6 Å². The van der Waals surface area contributed by atoms with Crippen molar-refractivity contribution in [3.63, 3.8) is 0 Å². The first kappa shape index (κ1) is 42.3. The smallest absolute Gasteiger partial charge is 0.303 e. The van der Waals surface area contributed by atoms with E-state index < -0.39 is 84.1 Å². The molecule has 0 aromatic carbocycles. The van der Waals surface area contributed by atoms with Gasteiger partial charge in [-0.05, 0) is 37.5 Å². The summed E-state index contributed by atoms with van der Waals surface area (Å²) in [5.74, 6) is -6.07. The first-order valence-corrected chi connectivity index (χ1v) is 15.4. The number of nitrogens with zero attached hydrogens (tertiary/aromatic N) is 1. The molecule has 47 heavy (non-hydrogen) atoms. The summed E-state index contributed by atoms with van der Waals surface area (Å²) < 4.78 is 0. The summed E-state index contributed by atoms with van der Waals surface area (Å²) >= 11 is 0. The van der Waals surface area contributed by atoms with E-state index in [1.165, 1.54) is 0 Å². The lowest BCUT2D eigenvalue weighted by atomic mass is 9.97. The highest BCUT2D eigenvalue weighted by Crippen LogP contribution is 2.09. The fourth-order valence-corrected chi connectivity index (χ4v) is 4.13. The Hall–Kier alpha value is -4.74. The molecule has 0 radical (unpaired) electrons. The molecule has 18 heteroatoms. The summed E-state index contributed by atoms with van der Waals surface area (Å²) in [6, 6.07) is -5.70. The van der Waals surface area contributed by atoms with Gasteiger partial charge in [0, 0.05) is 13.0 Å². The van der Waals surface area contributed by atoms with E-state index in [-0.39, 0.29) is 44.1 Å². The lowest BCUT2D eigenvalue weighted by Gasteiger charge is -2.26. The Morgan fingerprint density at radius 2 is 1.49 bits per heavy atom. The molecule has 0 bridgehead atoms. The number of amides is 6. The van der Waals surface area contributed by atoms with Gasteiger partial charge in [0.2, 0.25) is 35.4 Å². The third-order valence-corrected chi connectivity index (χ3v) is 7.00. The Kier molecular flexibility index (Phi) is 19.7. The zero-order chi connectivity index (χ0) is 36.3. The SMILES string of the molecule is C=CC(NC(=O)[C@@H](N)CCC(=O)O)C(=O)N[C@H](C(=O)NCC(=O)N[C@@H](CCCN=C(N)N)C(=O)N[C@@H](CC(C)C)C(N)=O)[C@@H](C)CC. The van der Waals surface area contributed by atoms with Crippen LogP contribution in [0.2, 0.25) is 0 Å². The van der Waals surface area contributed by atoms with Crippen LogP contribution in [0.5, 0.6) is 0 Å². The van der Waals surface area contributed by atoms with Crippen molar-refractivity contribution in [2.75, 3.05) is 13.1 Å². The molecule has 18 nitrogen and oxygen atoms in total. The molecule has 0 saturated carbocycles. The number of hydrogen-bond donors (Lipinski definition) is 10. The number of nitrogens with two attached hydrogens (primary N) is 4. The Morgan fingerprint density at radius 3 is 2.00 bits per heavy atom. The van der Waals surface area contributed by atoms with Crippen LogP contribution in [-0.2, 0) is 33.6 Å². The van der Waals surface area contributed by atoms with Crippen LogP contribution in [0.25, 0.3) is 0 Å². The largest absolute Gasteiger partial charge is 0.481 e. The molecule has 6 amide bonds. The van der Waals surface area contributed by atoms with E-state index in [2.05, 4.69) is 38.2 Å². The number of carbonyl (C=O) groups is 7. The van der Waals surface area contributed by atoms with Crippen molar-refractivity contribution in [3.05, 3.63) is 12.7 Å². The van der Waals surface area contributed by atoms with Crippen LogP contribution in [0.1, 0.15) is 66.2 Å². The number of primary amides is 1. The number of guanidine groups is 1. The van der Waals surface area contributed by atoms with Crippen LogP contribution in [-0.4, -0.2) is 95.8 Å². The van der Waals surface area contributed by atoms with Gasteiger partial charge in [-0.3, -0.25) is 38.6 Å². The van der Waals surface area contributed by atoms with Gasteiger partial charge in [-0.15, -0.1) is 6.58 Å². The summed E-state index contributed by atoms with van der Waals surface area (Å²) in [6.07, 6.45) is 1.73. The lowest BCUT2D eigenvalue weighted by Crippen LogP contribution is -2.58. The maximum Gasteiger partial charge on any atom is 0.303 e. The van der Waals surface area contributed by atoms with Gasteiger partial charge in [0.25, 0.3) is 0 Å². The van der Waals surface area contributed by atoms with E-state index >= 15 is 0 Å². The van der Waals surface area contributed by atoms with Gasteiger partial charge in [0.1, 0.15) is 24.2 Å². The number of carboxylic acids is 1. The van der Waals surface area contributed by atoms with Crippen molar-refractivity contribution in [1.82, 2.24) is 26.6 Å². The number of aliphatic carboxylic acids is 1. The van der Waals surface area contributed by atoms with Crippen molar-refractivity contribution in [3.8, 4) is 0 Å². The maximum atomic E-state index is 13.1. The average Bonchev–Trinajstić information content (AvgIpc) is 2.99. The Bertz CT molecular complexity index is 1140. The second-order valence-electron chi connectivity index (χ2n) is 11.5. The highest BCUT2D eigenvalue weighted by atomic mass is 16.4. The predicted octanol–water partition coefficient (Wildman–Crippen LogP) is -2.95.